The van der Waals surface area contributed by atoms with Crippen LogP contribution in [0.25, 0.3) is 10.9 Å². The van der Waals surface area contributed by atoms with Gasteiger partial charge in [0.25, 0.3) is 0 Å². The van der Waals surface area contributed by atoms with E-state index in [1.54, 1.807) is 18.2 Å². The second kappa shape index (κ2) is 8.02. The quantitative estimate of drug-likeness (QED) is 0.686. The molecule has 3 rings (SSSR count). The Hall–Kier alpha value is -2.55. The van der Waals surface area contributed by atoms with Crippen molar-refractivity contribution in [3.05, 3.63) is 57.8 Å². The molecule has 0 fully saturated rings. The molecule has 2 aromatic carbocycles. The van der Waals surface area contributed by atoms with Gasteiger partial charge in [-0.2, -0.15) is 0 Å². The number of carboxylic acids is 1. The molecule has 0 aliphatic rings. The molecule has 0 spiro atoms. The maximum Gasteiger partial charge on any atom is 0.337 e. The minimum atomic E-state index is -1.00. The number of nitrogens with one attached hydrogen (secondary N) is 1. The Kier molecular flexibility index (Phi) is 6.57. The van der Waals surface area contributed by atoms with E-state index in [0.717, 1.165) is 22.0 Å². The van der Waals surface area contributed by atoms with E-state index in [0.29, 0.717) is 16.0 Å². The number of hydrogen-bond acceptors (Lipinski definition) is 4. The van der Waals surface area contributed by atoms with Gasteiger partial charge in [0, 0.05) is 9.86 Å². The molecule has 132 valence electrons. The van der Waals surface area contributed by atoms with E-state index in [1.807, 2.05) is 26.0 Å². The van der Waals surface area contributed by atoms with Crippen molar-refractivity contribution in [1.29, 1.82) is 0 Å². The fourth-order valence-electron chi connectivity index (χ4n) is 2.35. The summed E-state index contributed by atoms with van der Waals surface area (Å²) in [6.45, 7) is 4.05. The topological polar surface area (TPSA) is 138 Å². The predicted octanol–water partition coefficient (Wildman–Crippen LogP) is 2.80. The molecule has 1 aromatic heterocycles. The SMILES string of the molecule is Cc1cc2ncnc(Nc3ccc(Br)cc3C(=O)O)c2cc1C.O.O. The van der Waals surface area contributed by atoms with Gasteiger partial charge in [0.1, 0.15) is 12.1 Å². The maximum atomic E-state index is 11.4. The third kappa shape index (κ3) is 4.11. The average Bonchev–Trinajstić information content (AvgIpc) is 2.50. The lowest BCUT2D eigenvalue weighted by atomic mass is 10.1. The Morgan fingerprint density at radius 1 is 1.08 bits per heavy atom. The number of hydrogen-bond donors (Lipinski definition) is 2. The Morgan fingerprint density at radius 3 is 2.44 bits per heavy atom. The third-order valence-corrected chi connectivity index (χ3v) is 4.21. The summed E-state index contributed by atoms with van der Waals surface area (Å²) in [4.78, 5) is 20.0. The van der Waals surface area contributed by atoms with Crippen molar-refractivity contribution in [1.82, 2.24) is 9.97 Å². The molecule has 6 N–H and O–H groups in total. The molecule has 1 heterocycles. The van der Waals surface area contributed by atoms with Crippen LogP contribution in [-0.4, -0.2) is 32.0 Å². The van der Waals surface area contributed by atoms with Crippen LogP contribution in [0.15, 0.2) is 41.1 Å². The number of anilines is 2. The van der Waals surface area contributed by atoms with E-state index in [-0.39, 0.29) is 16.5 Å². The number of carbonyl (C=O) groups is 1. The molecule has 25 heavy (non-hydrogen) atoms. The lowest BCUT2D eigenvalue weighted by Crippen LogP contribution is -2.04. The summed E-state index contributed by atoms with van der Waals surface area (Å²) in [5, 5.41) is 13.3. The summed E-state index contributed by atoms with van der Waals surface area (Å²) < 4.78 is 0.708. The molecule has 3 aromatic rings. The monoisotopic (exact) mass is 407 g/mol. The molecule has 0 bridgehead atoms. The van der Waals surface area contributed by atoms with Gasteiger partial charge < -0.3 is 21.4 Å². The van der Waals surface area contributed by atoms with Crippen LogP contribution in [0.1, 0.15) is 21.5 Å². The first kappa shape index (κ1) is 20.5. The van der Waals surface area contributed by atoms with Gasteiger partial charge in [-0.3, -0.25) is 0 Å². The van der Waals surface area contributed by atoms with Crippen molar-refractivity contribution in [2.24, 2.45) is 0 Å². The second-order valence-corrected chi connectivity index (χ2v) is 6.21. The largest absolute Gasteiger partial charge is 0.478 e. The molecule has 8 heteroatoms. The minimum Gasteiger partial charge on any atom is -0.478 e. The Morgan fingerprint density at radius 2 is 1.76 bits per heavy atom. The number of aryl methyl sites for hydroxylation is 2. The first-order chi connectivity index (χ1) is 11.0. The van der Waals surface area contributed by atoms with Gasteiger partial charge in [0.2, 0.25) is 0 Å². The fraction of sp³-hybridized carbons (Fsp3) is 0.118. The van der Waals surface area contributed by atoms with Gasteiger partial charge in [-0.15, -0.1) is 0 Å². The number of carboxylic acid groups (broad SMARTS) is 1. The summed E-state index contributed by atoms with van der Waals surface area (Å²) >= 11 is 3.29. The zero-order chi connectivity index (χ0) is 16.6. The molecular formula is C17H18BrN3O4. The second-order valence-electron chi connectivity index (χ2n) is 5.30. The van der Waals surface area contributed by atoms with Crippen molar-refractivity contribution in [2.75, 3.05) is 5.32 Å². The number of aromatic carboxylic acids is 1. The molecular weight excluding hydrogens is 390 g/mol. The first-order valence-electron chi connectivity index (χ1n) is 6.97. The molecule has 0 amide bonds. The van der Waals surface area contributed by atoms with Gasteiger partial charge in [-0.1, -0.05) is 15.9 Å². The van der Waals surface area contributed by atoms with Crippen LogP contribution in [0, 0.1) is 13.8 Å². The predicted molar refractivity (Wildman–Crippen MR) is 101 cm³/mol. The van der Waals surface area contributed by atoms with E-state index in [1.165, 1.54) is 6.33 Å². The van der Waals surface area contributed by atoms with Crippen LogP contribution in [-0.2, 0) is 0 Å². The molecule has 0 saturated carbocycles. The summed E-state index contributed by atoms with van der Waals surface area (Å²) in [5.74, 6) is -0.415. The van der Waals surface area contributed by atoms with E-state index in [9.17, 15) is 9.90 Å². The Labute approximate surface area is 152 Å². The summed E-state index contributed by atoms with van der Waals surface area (Å²) in [5.41, 5.74) is 3.76. The highest BCUT2D eigenvalue weighted by molar-refractivity contribution is 9.10. The van der Waals surface area contributed by atoms with Crippen LogP contribution in [0.5, 0.6) is 0 Å². The molecule has 0 aliphatic carbocycles. The number of rotatable bonds is 3. The summed E-state index contributed by atoms with van der Waals surface area (Å²) in [7, 11) is 0. The van der Waals surface area contributed by atoms with Crippen molar-refractivity contribution in [3.63, 3.8) is 0 Å². The molecule has 7 nitrogen and oxygen atoms in total. The van der Waals surface area contributed by atoms with Crippen LogP contribution >= 0.6 is 15.9 Å². The van der Waals surface area contributed by atoms with Crippen LogP contribution in [0.4, 0.5) is 11.5 Å². The van der Waals surface area contributed by atoms with Crippen LogP contribution in [0.3, 0.4) is 0 Å². The average molecular weight is 408 g/mol. The lowest BCUT2D eigenvalue weighted by molar-refractivity contribution is 0.0698. The minimum absolute atomic E-state index is 0. The van der Waals surface area contributed by atoms with E-state index in [4.69, 9.17) is 0 Å². The summed E-state index contributed by atoms with van der Waals surface area (Å²) in [6, 6.07) is 9.06. The zero-order valence-corrected chi connectivity index (χ0v) is 15.2. The fourth-order valence-corrected chi connectivity index (χ4v) is 2.71. The maximum absolute atomic E-state index is 11.4. The Balaban J connectivity index is 0.00000156. The summed E-state index contributed by atoms with van der Waals surface area (Å²) in [6.07, 6.45) is 1.47. The van der Waals surface area contributed by atoms with Crippen LogP contribution in [0.2, 0.25) is 0 Å². The van der Waals surface area contributed by atoms with E-state index in [2.05, 4.69) is 31.2 Å². The van der Waals surface area contributed by atoms with Gasteiger partial charge in [-0.25, -0.2) is 14.8 Å². The Bertz CT molecular complexity index is 931. The number of benzene rings is 2. The van der Waals surface area contributed by atoms with Gasteiger partial charge in [0.05, 0.1) is 16.8 Å². The van der Waals surface area contributed by atoms with Crippen molar-refractivity contribution < 1.29 is 20.9 Å². The molecule has 0 radical (unpaired) electrons. The number of fused-ring (bicyclic) bond motifs is 1. The van der Waals surface area contributed by atoms with Gasteiger partial charge >= 0.3 is 5.97 Å². The van der Waals surface area contributed by atoms with E-state index < -0.39 is 5.97 Å². The highest BCUT2D eigenvalue weighted by atomic mass is 79.9. The number of aromatic nitrogens is 2. The molecule has 0 aliphatic heterocycles. The smallest absolute Gasteiger partial charge is 0.337 e. The lowest BCUT2D eigenvalue weighted by Gasteiger charge is -2.12. The molecule has 0 unspecified atom stereocenters. The third-order valence-electron chi connectivity index (χ3n) is 3.72. The highest BCUT2D eigenvalue weighted by Gasteiger charge is 2.13. The van der Waals surface area contributed by atoms with Crippen molar-refractivity contribution >= 4 is 44.3 Å². The zero-order valence-electron chi connectivity index (χ0n) is 13.6. The number of halogens is 1. The molecule has 0 saturated heterocycles. The first-order valence-corrected chi connectivity index (χ1v) is 7.77. The van der Waals surface area contributed by atoms with E-state index >= 15 is 0 Å². The van der Waals surface area contributed by atoms with Gasteiger partial charge in [-0.05, 0) is 55.3 Å². The normalized spacial score (nSPS) is 9.88. The highest BCUT2D eigenvalue weighted by Crippen LogP contribution is 2.28. The van der Waals surface area contributed by atoms with Gasteiger partial charge in [0.15, 0.2) is 0 Å². The van der Waals surface area contributed by atoms with Crippen molar-refractivity contribution in [2.45, 2.75) is 13.8 Å². The van der Waals surface area contributed by atoms with Crippen molar-refractivity contribution in [3.8, 4) is 0 Å². The van der Waals surface area contributed by atoms with Crippen LogP contribution < -0.4 is 5.32 Å². The molecule has 0 atom stereocenters. The number of nitrogens with zero attached hydrogens (tertiary/aromatic N) is 2. The standard InChI is InChI=1S/C17H14BrN3O2.2H2O/c1-9-5-12-15(6-10(9)2)19-8-20-16(12)21-14-4-3-11(18)7-13(14)17(22)23;;/h3-8H,1-2H3,(H,22,23)(H,19,20,21);2*1H2.